The minimum atomic E-state index is 0.671. The van der Waals surface area contributed by atoms with Crippen LogP contribution in [0.15, 0.2) is 60.5 Å². The van der Waals surface area contributed by atoms with Gasteiger partial charge in [0.2, 0.25) is 25.6 Å². The average molecular weight is 387 g/mol. The largest absolute Gasteiger partial charge is 0.431 e. The predicted octanol–water partition coefficient (Wildman–Crippen LogP) is 0.0994. The van der Waals surface area contributed by atoms with Crippen molar-refractivity contribution in [2.24, 2.45) is 9.63 Å². The predicted molar refractivity (Wildman–Crippen MR) is 78.8 cm³/mol. The van der Waals surface area contributed by atoms with Crippen molar-refractivity contribution in [3.63, 3.8) is 0 Å². The van der Waals surface area contributed by atoms with Gasteiger partial charge >= 0.3 is 0 Å². The molecule has 1 aliphatic heterocycles. The lowest BCUT2D eigenvalue weighted by Crippen LogP contribution is -1.92. The minimum Gasteiger partial charge on any atom is -0.431 e. The van der Waals surface area contributed by atoms with Crippen LogP contribution < -0.4 is 4.72 Å². The van der Waals surface area contributed by atoms with E-state index in [-0.39, 0.29) is 0 Å². The molecule has 4 aromatic rings. The topological polar surface area (TPSA) is 205 Å². The van der Waals surface area contributed by atoms with Gasteiger partial charge in [-0.25, -0.2) is 9.71 Å². The Morgan fingerprint density at radius 2 is 1.84 bits per heavy atom. The molecule has 0 aromatic carbocycles. The van der Waals surface area contributed by atoms with Crippen LogP contribution in [-0.4, -0.2) is 57.4 Å². The van der Waals surface area contributed by atoms with E-state index in [9.17, 15) is 0 Å². The van der Waals surface area contributed by atoms with Gasteiger partial charge in [-0.3, -0.25) is 0 Å². The molecule has 0 atom stereocenters. The SMILES string of the molecule is C1N=NSN1.c1ncon1.c1nnco1.c1nnno1.c1nnns1. The fourth-order valence-corrected chi connectivity index (χ4v) is 1.13. The average Bonchev–Trinajstić information content (AvgIpc) is 3.55. The van der Waals surface area contributed by atoms with Crippen LogP contribution in [-0.2, 0) is 0 Å². The van der Waals surface area contributed by atoms with Crippen molar-refractivity contribution in [1.29, 1.82) is 0 Å². The third kappa shape index (κ3) is 15.4. The lowest BCUT2D eigenvalue weighted by Gasteiger charge is -1.69. The van der Waals surface area contributed by atoms with Crippen molar-refractivity contribution >= 4 is 23.7 Å². The second-order valence-corrected chi connectivity index (χ2v) is 3.99. The zero-order valence-electron chi connectivity index (χ0n) is 12.1. The summed E-state index contributed by atoms with van der Waals surface area (Å²) < 4.78 is 22.4. The van der Waals surface area contributed by atoms with E-state index in [0.29, 0.717) is 6.67 Å². The maximum absolute atomic E-state index is 4.36. The zero-order chi connectivity index (χ0) is 17.7. The first-order chi connectivity index (χ1) is 12.5. The van der Waals surface area contributed by atoms with Crippen molar-refractivity contribution < 1.29 is 13.5 Å². The highest BCUT2D eigenvalue weighted by Gasteiger charge is 1.85. The lowest BCUT2D eigenvalue weighted by atomic mass is 11.3. The van der Waals surface area contributed by atoms with Crippen molar-refractivity contribution in [2.75, 3.05) is 6.67 Å². The standard InChI is InChI=1S/2C2H2N2O.CHN3O.CHN3S.CH3N3S/c1-3-4-2-5-1;1-3-2-5-4-1;2*1-2-3-4-5-1;1-2-4-5-3-1/h2*1-2H;2*1H;3H,1H2. The van der Waals surface area contributed by atoms with Gasteiger partial charge in [-0.2, -0.15) is 5.11 Å². The summed E-state index contributed by atoms with van der Waals surface area (Å²) in [6.07, 6.45) is 6.28. The molecular weight excluding hydrogens is 378 g/mol. The molecule has 5 heterocycles. The van der Waals surface area contributed by atoms with Crippen LogP contribution in [0.4, 0.5) is 0 Å². The Bertz CT molecular complexity index is 479. The van der Waals surface area contributed by atoms with Crippen molar-refractivity contribution in [3.05, 3.63) is 37.4 Å². The van der Waals surface area contributed by atoms with Gasteiger partial charge < -0.3 is 13.5 Å². The van der Waals surface area contributed by atoms with Crippen LogP contribution in [0.5, 0.6) is 0 Å². The van der Waals surface area contributed by atoms with E-state index in [2.05, 4.69) is 78.5 Å². The smallest absolute Gasteiger partial charge is 0.235 e. The van der Waals surface area contributed by atoms with Crippen LogP contribution in [0, 0.1) is 0 Å². The molecule has 0 amide bonds. The van der Waals surface area contributed by atoms with Crippen LogP contribution in [0.2, 0.25) is 0 Å². The van der Waals surface area contributed by atoms with Gasteiger partial charge in [0.05, 0.1) is 17.4 Å². The summed E-state index contributed by atoms with van der Waals surface area (Å²) >= 11 is 2.52. The Labute approximate surface area is 146 Å². The minimum absolute atomic E-state index is 0.671. The number of nitrogens with one attached hydrogen (secondary N) is 1. The summed E-state index contributed by atoms with van der Waals surface area (Å²) in [4.78, 5) is 3.44. The van der Waals surface area contributed by atoms with Crippen LogP contribution in [0.25, 0.3) is 0 Å². The van der Waals surface area contributed by atoms with E-state index in [0.717, 1.165) is 6.39 Å². The third-order valence-electron chi connectivity index (χ3n) is 1.32. The summed E-state index contributed by atoms with van der Waals surface area (Å²) in [7, 11) is 0. The molecule has 0 saturated heterocycles. The van der Waals surface area contributed by atoms with Crippen LogP contribution in [0.3, 0.4) is 0 Å². The van der Waals surface area contributed by atoms with Crippen molar-refractivity contribution in [1.82, 2.24) is 55.4 Å². The maximum Gasteiger partial charge on any atom is 0.235 e. The molecule has 5 rings (SSSR count). The molecule has 4 aromatic heterocycles. The van der Waals surface area contributed by atoms with Gasteiger partial charge in [0.25, 0.3) is 0 Å². The van der Waals surface area contributed by atoms with E-state index >= 15 is 0 Å². The first-order valence-electron chi connectivity index (χ1n) is 5.79. The molecule has 0 spiro atoms. The Morgan fingerprint density at radius 3 is 2.04 bits per heavy atom. The molecule has 1 aliphatic rings. The van der Waals surface area contributed by atoms with Gasteiger partial charge in [0, 0.05) is 11.5 Å². The highest BCUT2D eigenvalue weighted by Crippen LogP contribution is 2.00. The summed E-state index contributed by atoms with van der Waals surface area (Å²) in [5.74, 6) is 0. The Morgan fingerprint density at radius 1 is 0.920 bits per heavy atom. The van der Waals surface area contributed by atoms with Crippen molar-refractivity contribution in [3.8, 4) is 0 Å². The Hall–Kier alpha value is -3.25. The summed E-state index contributed by atoms with van der Waals surface area (Å²) in [6.45, 7) is 0.671. The number of hydrogen-bond acceptors (Lipinski definition) is 18. The van der Waals surface area contributed by atoms with E-state index in [1.54, 1.807) is 5.51 Å². The van der Waals surface area contributed by atoms with E-state index in [1.165, 1.54) is 49.2 Å². The van der Waals surface area contributed by atoms with E-state index in [1.807, 2.05) is 0 Å². The number of hydrogen-bond donors (Lipinski definition) is 1. The molecule has 0 aliphatic carbocycles. The molecule has 0 bridgehead atoms. The van der Waals surface area contributed by atoms with Gasteiger partial charge in [0.15, 0.2) is 6.33 Å². The monoisotopic (exact) mass is 387 g/mol. The zero-order valence-corrected chi connectivity index (χ0v) is 13.7. The van der Waals surface area contributed by atoms with E-state index < -0.39 is 0 Å². The highest BCUT2D eigenvalue weighted by molar-refractivity contribution is 7.96. The van der Waals surface area contributed by atoms with Crippen molar-refractivity contribution in [2.45, 2.75) is 0 Å². The molecule has 25 heavy (non-hydrogen) atoms. The summed E-state index contributed by atoms with van der Waals surface area (Å²) in [5, 5.41) is 29.3. The highest BCUT2D eigenvalue weighted by atomic mass is 32.2. The molecule has 18 heteroatoms. The van der Waals surface area contributed by atoms with Gasteiger partial charge in [-0.15, -0.1) is 19.8 Å². The molecule has 132 valence electrons. The van der Waals surface area contributed by atoms with Gasteiger partial charge in [-0.05, 0) is 10.4 Å². The van der Waals surface area contributed by atoms with Gasteiger partial charge in [0.1, 0.15) is 12.2 Å². The maximum atomic E-state index is 4.36. The van der Waals surface area contributed by atoms with E-state index in [4.69, 9.17) is 0 Å². The molecule has 1 N–H and O–H groups in total. The molecule has 0 unspecified atom stereocenters. The van der Waals surface area contributed by atoms with Crippen LogP contribution >= 0.6 is 23.7 Å². The molecule has 16 nitrogen and oxygen atoms in total. The molecule has 0 fully saturated rings. The lowest BCUT2D eigenvalue weighted by molar-refractivity contribution is 0.392. The second-order valence-electron chi connectivity index (χ2n) is 2.77. The Balaban J connectivity index is 0.000000156. The third-order valence-corrected chi connectivity index (χ3v) is 2.13. The van der Waals surface area contributed by atoms with Crippen LogP contribution in [0.1, 0.15) is 0 Å². The number of aromatic nitrogens is 10. The summed E-state index contributed by atoms with van der Waals surface area (Å²) in [5.41, 5.74) is 1.57. The quantitative estimate of drug-likeness (QED) is 0.397. The first-order valence-corrected chi connectivity index (χ1v) is 7.40. The second kappa shape index (κ2) is 17.1. The molecule has 0 radical (unpaired) electrons. The summed E-state index contributed by atoms with van der Waals surface area (Å²) in [6, 6.07) is 0. The molecular formula is C7H9N13O3S2. The Kier molecular flexibility index (Phi) is 13.5. The first kappa shape index (κ1) is 19.8. The number of nitrogens with zero attached hydrogens (tertiary/aromatic N) is 12. The fourth-order valence-electron chi connectivity index (χ4n) is 0.627. The van der Waals surface area contributed by atoms with Gasteiger partial charge in [-0.1, -0.05) is 14.7 Å². The molecule has 0 saturated carbocycles. The fraction of sp³-hybridized carbons (Fsp3) is 0.143. The normalized spacial score (nSPS) is 10.6. The number of rotatable bonds is 0.